The van der Waals surface area contributed by atoms with Crippen molar-refractivity contribution in [1.82, 2.24) is 20.1 Å². The highest BCUT2D eigenvalue weighted by molar-refractivity contribution is 5.85. The summed E-state index contributed by atoms with van der Waals surface area (Å²) in [5.41, 5.74) is 2.28. The fraction of sp³-hybridized carbons (Fsp3) is 0.448. The lowest BCUT2D eigenvalue weighted by Gasteiger charge is -2.45. The second-order valence-electron chi connectivity index (χ2n) is 9.77. The van der Waals surface area contributed by atoms with Crippen molar-refractivity contribution < 1.29 is 9.53 Å². The van der Waals surface area contributed by atoms with Crippen LogP contribution in [0.5, 0.6) is 0 Å². The molecule has 2 atom stereocenters. The summed E-state index contributed by atoms with van der Waals surface area (Å²) in [5, 5.41) is 5.70. The van der Waals surface area contributed by atoms with Crippen LogP contribution in [0.25, 0.3) is 10.8 Å². The molecule has 0 bridgehead atoms. The summed E-state index contributed by atoms with van der Waals surface area (Å²) in [6, 6.07) is 21.6. The molecule has 0 aliphatic carbocycles. The van der Waals surface area contributed by atoms with E-state index in [0.717, 1.165) is 64.5 Å². The van der Waals surface area contributed by atoms with Gasteiger partial charge in [-0.05, 0) is 53.8 Å². The molecule has 0 unspecified atom stereocenters. The van der Waals surface area contributed by atoms with Crippen LogP contribution in [-0.2, 0) is 22.6 Å². The minimum Gasteiger partial charge on any atom is -0.379 e. The van der Waals surface area contributed by atoms with Crippen LogP contribution in [0.2, 0.25) is 0 Å². The van der Waals surface area contributed by atoms with Crippen LogP contribution in [0.1, 0.15) is 30.5 Å². The molecule has 2 aliphatic rings. The molecular weight excluding hydrogens is 436 g/mol. The van der Waals surface area contributed by atoms with Crippen molar-refractivity contribution in [3.8, 4) is 0 Å². The maximum atomic E-state index is 12.7. The number of hydrogen-bond acceptors (Lipinski definition) is 5. The number of benzene rings is 2. The maximum Gasteiger partial charge on any atom is 0.220 e. The molecule has 1 aromatic heterocycles. The van der Waals surface area contributed by atoms with Crippen LogP contribution in [0.4, 0.5) is 0 Å². The van der Waals surface area contributed by atoms with Gasteiger partial charge in [0.05, 0.1) is 25.5 Å². The number of fused-ring (bicyclic) bond motifs is 1. The Morgan fingerprint density at radius 2 is 1.83 bits per heavy atom. The summed E-state index contributed by atoms with van der Waals surface area (Å²) in [6.07, 6.45) is 4.37. The fourth-order valence-electron chi connectivity index (χ4n) is 5.68. The molecule has 1 amide bonds. The number of carbonyl (C=O) groups is 1. The van der Waals surface area contributed by atoms with Crippen molar-refractivity contribution in [3.63, 3.8) is 0 Å². The Bertz CT molecular complexity index is 1090. The van der Waals surface area contributed by atoms with Crippen molar-refractivity contribution in [3.05, 3.63) is 78.1 Å². The average Bonchev–Trinajstić information content (AvgIpc) is 2.92. The van der Waals surface area contributed by atoms with Crippen molar-refractivity contribution >= 4 is 16.7 Å². The van der Waals surface area contributed by atoms with E-state index < -0.39 is 0 Å². The molecule has 1 N–H and O–H groups in total. The second-order valence-corrected chi connectivity index (χ2v) is 9.77. The number of ether oxygens (including phenoxy) is 1. The van der Waals surface area contributed by atoms with E-state index in [1.165, 1.54) is 16.3 Å². The quantitative estimate of drug-likeness (QED) is 0.540. The third-order valence-electron chi connectivity index (χ3n) is 7.50. The van der Waals surface area contributed by atoms with Crippen molar-refractivity contribution in [1.29, 1.82) is 0 Å². The smallest absolute Gasteiger partial charge is 0.220 e. The number of pyridine rings is 1. The predicted octanol–water partition coefficient (Wildman–Crippen LogP) is 3.85. The number of amides is 1. The van der Waals surface area contributed by atoms with E-state index in [1.54, 1.807) is 6.20 Å². The Kier molecular flexibility index (Phi) is 8.03. The normalized spacial score (nSPS) is 21.7. The van der Waals surface area contributed by atoms with E-state index in [0.29, 0.717) is 24.9 Å². The second kappa shape index (κ2) is 11.8. The highest BCUT2D eigenvalue weighted by atomic mass is 16.5. The first-order valence-electron chi connectivity index (χ1n) is 12.9. The molecular formula is C29H36N4O2. The lowest BCUT2D eigenvalue weighted by Crippen LogP contribution is -2.54. The summed E-state index contributed by atoms with van der Waals surface area (Å²) in [4.78, 5) is 22.2. The molecule has 2 aromatic carbocycles. The number of carbonyl (C=O) groups excluding carboxylic acids is 1. The predicted molar refractivity (Wildman–Crippen MR) is 139 cm³/mol. The Morgan fingerprint density at radius 1 is 1.00 bits per heavy atom. The number of rotatable bonds is 8. The van der Waals surface area contributed by atoms with Gasteiger partial charge in [0.1, 0.15) is 0 Å². The zero-order chi connectivity index (χ0) is 23.9. The Hall–Kier alpha value is -2.80. The van der Waals surface area contributed by atoms with Crippen LogP contribution >= 0.6 is 0 Å². The Balaban J connectivity index is 1.23. The summed E-state index contributed by atoms with van der Waals surface area (Å²) < 4.78 is 5.62. The number of likely N-dealkylation sites (tertiary alicyclic amines) is 1. The zero-order valence-electron chi connectivity index (χ0n) is 20.4. The molecule has 2 saturated heterocycles. The lowest BCUT2D eigenvalue weighted by atomic mass is 9.86. The van der Waals surface area contributed by atoms with Crippen LogP contribution < -0.4 is 5.32 Å². The van der Waals surface area contributed by atoms with E-state index in [9.17, 15) is 4.79 Å². The number of piperidine rings is 1. The molecule has 6 heteroatoms. The largest absolute Gasteiger partial charge is 0.379 e. The van der Waals surface area contributed by atoms with Gasteiger partial charge in [-0.2, -0.15) is 0 Å². The molecule has 3 aromatic rings. The van der Waals surface area contributed by atoms with Gasteiger partial charge in [0.25, 0.3) is 0 Å². The third kappa shape index (κ3) is 6.26. The number of hydrogen-bond donors (Lipinski definition) is 1. The van der Waals surface area contributed by atoms with Gasteiger partial charge in [-0.15, -0.1) is 0 Å². The van der Waals surface area contributed by atoms with E-state index in [1.807, 2.05) is 18.2 Å². The lowest BCUT2D eigenvalue weighted by molar-refractivity contribution is -0.121. The number of morpholine rings is 1. The molecule has 0 spiro atoms. The van der Waals surface area contributed by atoms with Gasteiger partial charge in [-0.25, -0.2) is 0 Å². The van der Waals surface area contributed by atoms with E-state index in [2.05, 4.69) is 62.6 Å². The molecule has 6 nitrogen and oxygen atoms in total. The van der Waals surface area contributed by atoms with Gasteiger partial charge in [-0.3, -0.25) is 19.6 Å². The van der Waals surface area contributed by atoms with E-state index >= 15 is 0 Å². The van der Waals surface area contributed by atoms with Crippen LogP contribution in [0.15, 0.2) is 66.9 Å². The third-order valence-corrected chi connectivity index (χ3v) is 7.50. The molecule has 184 valence electrons. The molecule has 35 heavy (non-hydrogen) atoms. The minimum atomic E-state index is 0.113. The summed E-state index contributed by atoms with van der Waals surface area (Å²) in [6.45, 7) is 7.18. The van der Waals surface area contributed by atoms with E-state index in [4.69, 9.17) is 4.74 Å². The van der Waals surface area contributed by atoms with Crippen LogP contribution in [0.3, 0.4) is 0 Å². The number of nitrogens with one attached hydrogen (secondary N) is 1. The highest BCUT2D eigenvalue weighted by Crippen LogP contribution is 2.29. The van der Waals surface area contributed by atoms with E-state index in [-0.39, 0.29) is 5.91 Å². The van der Waals surface area contributed by atoms with Gasteiger partial charge in [0, 0.05) is 44.8 Å². The van der Waals surface area contributed by atoms with Crippen LogP contribution in [0, 0.1) is 5.92 Å². The van der Waals surface area contributed by atoms with Gasteiger partial charge in [-0.1, -0.05) is 48.5 Å². The van der Waals surface area contributed by atoms with Gasteiger partial charge < -0.3 is 10.1 Å². The first kappa shape index (κ1) is 23.9. The number of aromatic nitrogens is 1. The van der Waals surface area contributed by atoms with Gasteiger partial charge in [0.15, 0.2) is 0 Å². The molecule has 0 radical (unpaired) electrons. The van der Waals surface area contributed by atoms with Gasteiger partial charge in [0.2, 0.25) is 5.91 Å². The minimum absolute atomic E-state index is 0.113. The standard InChI is InChI=1S/C29H36N4O2/c34-29(31-20-26-9-3-4-14-30-26)12-11-25-22-32(15-13-28(25)33-16-18-35-19-17-33)21-24-8-5-7-23-6-1-2-10-27(23)24/h1-10,14,25,28H,11-13,15-22H2,(H,31,34)/t25-,28+/m1/s1. The van der Waals surface area contributed by atoms with Crippen LogP contribution in [-0.4, -0.2) is 66.1 Å². The maximum absolute atomic E-state index is 12.7. The van der Waals surface area contributed by atoms with Gasteiger partial charge >= 0.3 is 0 Å². The summed E-state index contributed by atoms with van der Waals surface area (Å²) >= 11 is 0. The topological polar surface area (TPSA) is 57.7 Å². The number of nitrogens with zero attached hydrogens (tertiary/aromatic N) is 3. The van der Waals surface area contributed by atoms with Crippen molar-refractivity contribution in [2.45, 2.75) is 38.4 Å². The Morgan fingerprint density at radius 3 is 2.69 bits per heavy atom. The molecule has 0 saturated carbocycles. The summed E-state index contributed by atoms with van der Waals surface area (Å²) in [5.74, 6) is 0.583. The van der Waals surface area contributed by atoms with Crippen molar-refractivity contribution in [2.75, 3.05) is 39.4 Å². The molecule has 3 heterocycles. The first-order chi connectivity index (χ1) is 17.3. The summed E-state index contributed by atoms with van der Waals surface area (Å²) in [7, 11) is 0. The average molecular weight is 473 g/mol. The molecule has 5 rings (SSSR count). The Labute approximate surface area is 208 Å². The van der Waals surface area contributed by atoms with Crippen molar-refractivity contribution in [2.24, 2.45) is 5.92 Å². The fourth-order valence-corrected chi connectivity index (χ4v) is 5.68. The SMILES string of the molecule is O=C(CC[C@@H]1CN(Cc2cccc3ccccc23)CC[C@@H]1N1CCOCC1)NCc1ccccn1. The first-order valence-corrected chi connectivity index (χ1v) is 12.9. The highest BCUT2D eigenvalue weighted by Gasteiger charge is 2.34. The molecule has 2 fully saturated rings. The zero-order valence-corrected chi connectivity index (χ0v) is 20.4. The monoisotopic (exact) mass is 472 g/mol. The molecule has 2 aliphatic heterocycles.